The van der Waals surface area contributed by atoms with Crippen molar-refractivity contribution in [3.05, 3.63) is 64.1 Å². The van der Waals surface area contributed by atoms with E-state index in [1.165, 1.54) is 0 Å². The van der Waals surface area contributed by atoms with Crippen molar-refractivity contribution in [3.63, 3.8) is 0 Å². The summed E-state index contributed by atoms with van der Waals surface area (Å²) >= 11 is 11.8. The molecule has 0 aromatic heterocycles. The van der Waals surface area contributed by atoms with Crippen LogP contribution in [0, 0.1) is 5.92 Å². The molecule has 0 aliphatic heterocycles. The number of ether oxygens (including phenoxy) is 1. The first-order valence-electron chi connectivity index (χ1n) is 10.5. The summed E-state index contributed by atoms with van der Waals surface area (Å²) in [5.74, 6) is 0.785. The number of carbonyl (C=O) groups is 2. The van der Waals surface area contributed by atoms with Gasteiger partial charge in [-0.15, -0.1) is 0 Å². The third kappa shape index (κ3) is 8.80. The van der Waals surface area contributed by atoms with Crippen molar-refractivity contribution in [2.75, 3.05) is 13.2 Å². The van der Waals surface area contributed by atoms with Crippen LogP contribution in [0.4, 0.5) is 0 Å². The lowest BCUT2D eigenvalue weighted by Gasteiger charge is -2.29. The Hall–Kier alpha value is -2.24. The van der Waals surface area contributed by atoms with Crippen LogP contribution in [-0.4, -0.2) is 35.9 Å². The zero-order valence-corrected chi connectivity index (χ0v) is 19.7. The van der Waals surface area contributed by atoms with Crippen molar-refractivity contribution < 1.29 is 14.3 Å². The minimum atomic E-state index is -0.584. The first-order chi connectivity index (χ1) is 14.8. The van der Waals surface area contributed by atoms with E-state index in [-0.39, 0.29) is 18.2 Å². The van der Waals surface area contributed by atoms with Gasteiger partial charge in [0.15, 0.2) is 0 Å². The summed E-state index contributed by atoms with van der Waals surface area (Å²) < 4.78 is 5.67. The molecular formula is C24H30Cl2N2O3. The Labute approximate surface area is 194 Å². The summed E-state index contributed by atoms with van der Waals surface area (Å²) in [6.45, 7) is 7.12. The van der Waals surface area contributed by atoms with Gasteiger partial charge in [-0.25, -0.2) is 0 Å². The molecule has 7 heteroatoms. The molecule has 1 unspecified atom stereocenters. The maximum Gasteiger partial charge on any atom is 0.242 e. The van der Waals surface area contributed by atoms with Gasteiger partial charge in [0, 0.05) is 29.6 Å². The van der Waals surface area contributed by atoms with E-state index in [0.717, 1.165) is 5.56 Å². The van der Waals surface area contributed by atoms with Crippen LogP contribution < -0.4 is 10.1 Å². The van der Waals surface area contributed by atoms with Crippen molar-refractivity contribution in [2.45, 2.75) is 46.2 Å². The summed E-state index contributed by atoms with van der Waals surface area (Å²) in [4.78, 5) is 27.2. The Morgan fingerprint density at radius 1 is 0.968 bits per heavy atom. The average molecular weight is 465 g/mol. The van der Waals surface area contributed by atoms with E-state index in [4.69, 9.17) is 27.9 Å². The van der Waals surface area contributed by atoms with Crippen LogP contribution in [0.3, 0.4) is 0 Å². The second kappa shape index (κ2) is 12.6. The molecule has 0 saturated carbocycles. The van der Waals surface area contributed by atoms with Gasteiger partial charge < -0.3 is 15.0 Å². The second-order valence-electron chi connectivity index (χ2n) is 7.87. The lowest BCUT2D eigenvalue weighted by molar-refractivity contribution is -0.140. The quantitative estimate of drug-likeness (QED) is 0.456. The minimum Gasteiger partial charge on any atom is -0.494 e. The van der Waals surface area contributed by atoms with Gasteiger partial charge >= 0.3 is 0 Å². The van der Waals surface area contributed by atoms with E-state index < -0.39 is 6.04 Å². The van der Waals surface area contributed by atoms with Gasteiger partial charge in [0.25, 0.3) is 0 Å². The van der Waals surface area contributed by atoms with Crippen LogP contribution in [-0.2, 0) is 16.1 Å². The molecule has 2 aromatic rings. The van der Waals surface area contributed by atoms with Crippen molar-refractivity contribution >= 4 is 35.0 Å². The number of amides is 2. The fourth-order valence-corrected chi connectivity index (χ4v) is 3.16. The Bertz CT molecular complexity index is 839. The monoisotopic (exact) mass is 464 g/mol. The molecule has 0 fully saturated rings. The van der Waals surface area contributed by atoms with Crippen LogP contribution in [0.1, 0.15) is 39.2 Å². The summed E-state index contributed by atoms with van der Waals surface area (Å²) in [6.07, 6.45) is 0.821. The van der Waals surface area contributed by atoms with Crippen LogP contribution in [0.5, 0.6) is 5.75 Å². The fourth-order valence-electron chi connectivity index (χ4n) is 2.91. The van der Waals surface area contributed by atoms with E-state index in [1.807, 2.05) is 26.0 Å². The molecule has 0 aliphatic rings. The van der Waals surface area contributed by atoms with Crippen molar-refractivity contribution in [1.29, 1.82) is 0 Å². The van der Waals surface area contributed by atoms with Crippen LogP contribution >= 0.6 is 23.2 Å². The van der Waals surface area contributed by atoms with Gasteiger partial charge in [0.2, 0.25) is 11.8 Å². The Morgan fingerprint density at radius 3 is 2.13 bits per heavy atom. The van der Waals surface area contributed by atoms with E-state index >= 15 is 0 Å². The normalized spacial score (nSPS) is 11.8. The third-order valence-corrected chi connectivity index (χ3v) is 5.24. The third-order valence-electron chi connectivity index (χ3n) is 4.74. The predicted molar refractivity (Wildman–Crippen MR) is 125 cm³/mol. The SMILES string of the molecule is CC(C)CNC(=O)C(C)N(Cc1ccc(Cl)cc1)C(=O)CCCOc1ccc(Cl)cc1. The zero-order valence-electron chi connectivity index (χ0n) is 18.2. The number of hydrogen-bond acceptors (Lipinski definition) is 3. The van der Waals surface area contributed by atoms with Crippen LogP contribution in [0.15, 0.2) is 48.5 Å². The van der Waals surface area contributed by atoms with E-state index in [9.17, 15) is 9.59 Å². The van der Waals surface area contributed by atoms with Crippen LogP contribution in [0.25, 0.3) is 0 Å². The average Bonchev–Trinajstić information content (AvgIpc) is 2.75. The smallest absolute Gasteiger partial charge is 0.242 e. The molecule has 168 valence electrons. The van der Waals surface area contributed by atoms with Crippen molar-refractivity contribution in [2.24, 2.45) is 5.92 Å². The minimum absolute atomic E-state index is 0.0955. The predicted octanol–water partition coefficient (Wildman–Crippen LogP) is 5.34. The highest BCUT2D eigenvalue weighted by Gasteiger charge is 2.25. The first-order valence-corrected chi connectivity index (χ1v) is 11.2. The molecule has 0 bridgehead atoms. The van der Waals surface area contributed by atoms with Gasteiger partial charge in [0.1, 0.15) is 11.8 Å². The van der Waals surface area contributed by atoms with Gasteiger partial charge in [0.05, 0.1) is 6.61 Å². The molecule has 0 saturated heterocycles. The molecule has 0 radical (unpaired) electrons. The van der Waals surface area contributed by atoms with Crippen LogP contribution in [0.2, 0.25) is 10.0 Å². The standard InChI is InChI=1S/C24H30Cl2N2O3/c1-17(2)15-27-24(30)18(3)28(16-19-6-8-20(25)9-7-19)23(29)5-4-14-31-22-12-10-21(26)11-13-22/h6-13,17-18H,4-5,14-16H2,1-3H3,(H,27,30). The Kier molecular flexibility index (Phi) is 10.2. The molecular weight excluding hydrogens is 435 g/mol. The number of benzene rings is 2. The number of hydrogen-bond donors (Lipinski definition) is 1. The molecule has 31 heavy (non-hydrogen) atoms. The number of halogens is 2. The summed E-state index contributed by atoms with van der Waals surface area (Å²) in [5.41, 5.74) is 0.915. The van der Waals surface area contributed by atoms with Gasteiger partial charge in [-0.2, -0.15) is 0 Å². The van der Waals surface area contributed by atoms with Gasteiger partial charge in [-0.1, -0.05) is 49.2 Å². The molecule has 5 nitrogen and oxygen atoms in total. The maximum absolute atomic E-state index is 13.0. The molecule has 1 atom stereocenters. The molecule has 2 aromatic carbocycles. The summed E-state index contributed by atoms with van der Waals surface area (Å²) in [6, 6.07) is 13.8. The first kappa shape index (κ1) is 25.0. The summed E-state index contributed by atoms with van der Waals surface area (Å²) in [7, 11) is 0. The van der Waals surface area contributed by atoms with E-state index in [2.05, 4.69) is 5.32 Å². The second-order valence-corrected chi connectivity index (χ2v) is 8.74. The van der Waals surface area contributed by atoms with E-state index in [1.54, 1.807) is 48.2 Å². The fraction of sp³-hybridized carbons (Fsp3) is 0.417. The highest BCUT2D eigenvalue weighted by molar-refractivity contribution is 6.30. The lowest BCUT2D eigenvalue weighted by Crippen LogP contribution is -2.48. The van der Waals surface area contributed by atoms with E-state index in [0.29, 0.717) is 47.8 Å². The highest BCUT2D eigenvalue weighted by Crippen LogP contribution is 2.17. The molecule has 2 amide bonds. The molecule has 0 heterocycles. The molecule has 0 spiro atoms. The Morgan fingerprint density at radius 2 is 1.55 bits per heavy atom. The topological polar surface area (TPSA) is 58.6 Å². The summed E-state index contributed by atoms with van der Waals surface area (Å²) in [5, 5.41) is 4.19. The highest BCUT2D eigenvalue weighted by atomic mass is 35.5. The van der Waals surface area contributed by atoms with Crippen molar-refractivity contribution in [3.8, 4) is 5.75 Å². The van der Waals surface area contributed by atoms with Gasteiger partial charge in [-0.05, 0) is 61.2 Å². The Balaban J connectivity index is 1.97. The molecule has 1 N–H and O–H groups in total. The molecule has 2 rings (SSSR count). The number of nitrogens with one attached hydrogen (secondary N) is 1. The number of rotatable bonds is 11. The van der Waals surface area contributed by atoms with Crippen molar-refractivity contribution in [1.82, 2.24) is 10.2 Å². The lowest BCUT2D eigenvalue weighted by atomic mass is 10.1. The number of nitrogens with zero attached hydrogens (tertiary/aromatic N) is 1. The largest absolute Gasteiger partial charge is 0.494 e. The zero-order chi connectivity index (χ0) is 22.8. The number of carbonyl (C=O) groups excluding carboxylic acids is 2. The maximum atomic E-state index is 13.0. The van der Waals surface area contributed by atoms with Gasteiger partial charge in [-0.3, -0.25) is 9.59 Å². The molecule has 0 aliphatic carbocycles.